The summed E-state index contributed by atoms with van der Waals surface area (Å²) in [6.07, 6.45) is 0.0468. The predicted octanol–water partition coefficient (Wildman–Crippen LogP) is 2.69. The van der Waals surface area contributed by atoms with Crippen molar-refractivity contribution < 1.29 is 8.22 Å². The van der Waals surface area contributed by atoms with Gasteiger partial charge in [-0.3, -0.25) is 8.22 Å². The molecule has 0 fully saturated rings. The molecule has 0 aromatic carbocycles. The van der Waals surface area contributed by atoms with Gasteiger partial charge < -0.3 is 0 Å². The Kier molecular flexibility index (Phi) is 4.57. The first kappa shape index (κ1) is 12.1. The molecule has 2 unspecified atom stereocenters. The fourth-order valence-corrected chi connectivity index (χ4v) is 2.53. The van der Waals surface area contributed by atoms with Crippen molar-refractivity contribution in [1.82, 2.24) is 0 Å². The number of nitriles is 2. The Morgan fingerprint density at radius 2 is 1.92 bits per heavy atom. The van der Waals surface area contributed by atoms with E-state index in [4.69, 9.17) is 10.5 Å². The van der Waals surface area contributed by atoms with Crippen LogP contribution in [-0.4, -0.2) is 8.74 Å². The highest BCUT2D eigenvalue weighted by Crippen LogP contribution is 2.27. The van der Waals surface area contributed by atoms with E-state index >= 15 is 0 Å². The first-order valence-corrected chi connectivity index (χ1v) is 6.51. The molecular weight excluding hydrogens is 190 g/mol. The molecule has 0 saturated heterocycles. The average Bonchev–Trinajstić information content (AvgIpc) is 2.00. The molecule has 0 bridgehead atoms. The van der Waals surface area contributed by atoms with Crippen molar-refractivity contribution in [3.05, 3.63) is 0 Å². The Morgan fingerprint density at radius 1 is 1.38 bits per heavy atom. The van der Waals surface area contributed by atoms with Crippen molar-refractivity contribution in [2.45, 2.75) is 25.9 Å². The fourth-order valence-electron chi connectivity index (χ4n) is 1.11. The lowest BCUT2D eigenvalue weighted by Gasteiger charge is -2.17. The first-order valence-electron chi connectivity index (χ1n) is 4.05. The molecule has 0 aromatic rings. The third kappa shape index (κ3) is 5.32. The molecule has 0 saturated carbocycles. The van der Waals surface area contributed by atoms with Crippen LogP contribution in [0.2, 0.25) is 12.6 Å². The highest BCUT2D eigenvalue weighted by molar-refractivity contribution is 6.64. The lowest BCUT2D eigenvalue weighted by molar-refractivity contribution is 0.442. The van der Waals surface area contributed by atoms with Gasteiger partial charge in [0.25, 0.3) is 0 Å². The lowest BCUT2D eigenvalue weighted by Crippen LogP contribution is -2.24. The summed E-state index contributed by atoms with van der Waals surface area (Å²) in [5, 5.41) is 16.9. The standard InChI is InChI=1S/C8H12F2N2Si/c1-7(5-12)8(3-4-11)6-13(2,9)10/h7-8H,3,6H2,1-2H3. The number of hydrogen-bond acceptors (Lipinski definition) is 2. The maximum Gasteiger partial charge on any atom is 0.422 e. The molecular formula is C8H12F2N2Si. The van der Waals surface area contributed by atoms with Gasteiger partial charge in [-0.25, -0.2) is 0 Å². The highest BCUT2D eigenvalue weighted by Gasteiger charge is 2.34. The molecule has 5 heteroatoms. The largest absolute Gasteiger partial charge is 0.422 e. The van der Waals surface area contributed by atoms with Gasteiger partial charge in [0.1, 0.15) is 0 Å². The summed E-state index contributed by atoms with van der Waals surface area (Å²) >= 11 is 0. The Bertz CT molecular complexity index is 236. The Morgan fingerprint density at radius 3 is 2.23 bits per heavy atom. The quantitative estimate of drug-likeness (QED) is 0.519. The van der Waals surface area contributed by atoms with E-state index < -0.39 is 20.6 Å². The molecule has 0 amide bonds. The summed E-state index contributed by atoms with van der Waals surface area (Å²) in [5.74, 6) is -0.931. The summed E-state index contributed by atoms with van der Waals surface area (Å²) in [6, 6.07) is 3.50. The van der Waals surface area contributed by atoms with Crippen LogP contribution < -0.4 is 0 Å². The third-order valence-electron chi connectivity index (χ3n) is 1.88. The summed E-state index contributed by atoms with van der Waals surface area (Å²) in [6.45, 7) is 2.53. The van der Waals surface area contributed by atoms with E-state index in [0.717, 1.165) is 6.55 Å². The molecule has 0 spiro atoms. The maximum absolute atomic E-state index is 12.7. The number of rotatable bonds is 4. The Hall–Kier alpha value is -0.943. The number of hydrogen-bond donors (Lipinski definition) is 0. The van der Waals surface area contributed by atoms with Crippen molar-refractivity contribution in [2.24, 2.45) is 11.8 Å². The van der Waals surface area contributed by atoms with Crippen molar-refractivity contribution >= 4 is 8.74 Å². The number of nitrogens with zero attached hydrogens (tertiary/aromatic N) is 2. The minimum atomic E-state index is -4.14. The molecule has 0 radical (unpaired) electrons. The minimum Gasteiger partial charge on any atom is -0.271 e. The molecule has 0 aliphatic carbocycles. The van der Waals surface area contributed by atoms with Crippen molar-refractivity contribution in [1.29, 1.82) is 10.5 Å². The molecule has 0 heterocycles. The van der Waals surface area contributed by atoms with Gasteiger partial charge in [-0.2, -0.15) is 10.5 Å². The molecule has 2 atom stereocenters. The van der Waals surface area contributed by atoms with Gasteiger partial charge in [-0.15, -0.1) is 0 Å². The van der Waals surface area contributed by atoms with E-state index in [9.17, 15) is 8.22 Å². The van der Waals surface area contributed by atoms with Gasteiger partial charge in [0.2, 0.25) is 0 Å². The minimum absolute atomic E-state index is 0.0468. The van der Waals surface area contributed by atoms with Gasteiger partial charge >= 0.3 is 8.74 Å². The van der Waals surface area contributed by atoms with Crippen LogP contribution in [0.3, 0.4) is 0 Å². The molecule has 13 heavy (non-hydrogen) atoms. The SMILES string of the molecule is CC(C#N)C(CC#N)C[Si](C)(F)F. The fraction of sp³-hybridized carbons (Fsp3) is 0.750. The van der Waals surface area contributed by atoms with E-state index in [0.29, 0.717) is 0 Å². The van der Waals surface area contributed by atoms with Crippen LogP contribution in [0.1, 0.15) is 13.3 Å². The first-order chi connectivity index (χ1) is 5.90. The summed E-state index contributed by atoms with van der Waals surface area (Å²) in [7, 11) is -4.14. The van der Waals surface area contributed by atoms with E-state index in [1.54, 1.807) is 6.92 Å². The van der Waals surface area contributed by atoms with Crippen LogP contribution >= 0.6 is 0 Å². The molecule has 72 valence electrons. The van der Waals surface area contributed by atoms with Crippen LogP contribution in [0.15, 0.2) is 0 Å². The van der Waals surface area contributed by atoms with E-state index in [-0.39, 0.29) is 12.5 Å². The van der Waals surface area contributed by atoms with E-state index in [1.807, 2.05) is 12.1 Å². The van der Waals surface area contributed by atoms with Crippen LogP contribution in [0.4, 0.5) is 8.22 Å². The summed E-state index contributed by atoms with van der Waals surface area (Å²) in [5.41, 5.74) is 0. The summed E-state index contributed by atoms with van der Waals surface area (Å²) in [4.78, 5) is 0. The third-order valence-corrected chi connectivity index (χ3v) is 3.13. The van der Waals surface area contributed by atoms with Gasteiger partial charge in [-0.05, 0) is 19.4 Å². The Labute approximate surface area is 78.1 Å². The van der Waals surface area contributed by atoms with Gasteiger partial charge in [0, 0.05) is 18.4 Å². The normalized spacial score (nSPS) is 15.5. The molecule has 0 aliphatic rings. The zero-order chi connectivity index (χ0) is 10.5. The maximum atomic E-state index is 12.7. The van der Waals surface area contributed by atoms with Crippen LogP contribution in [-0.2, 0) is 0 Å². The second kappa shape index (κ2) is 4.93. The lowest BCUT2D eigenvalue weighted by atomic mass is 9.95. The molecule has 0 rings (SSSR count). The molecule has 0 aliphatic heterocycles. The monoisotopic (exact) mass is 202 g/mol. The summed E-state index contributed by atoms with van der Waals surface area (Å²) < 4.78 is 25.4. The average molecular weight is 202 g/mol. The van der Waals surface area contributed by atoms with Crippen LogP contribution in [0.5, 0.6) is 0 Å². The van der Waals surface area contributed by atoms with Crippen molar-refractivity contribution in [3.8, 4) is 12.1 Å². The van der Waals surface area contributed by atoms with Crippen molar-refractivity contribution in [2.75, 3.05) is 0 Å². The van der Waals surface area contributed by atoms with Crippen LogP contribution in [0, 0.1) is 34.5 Å². The van der Waals surface area contributed by atoms with E-state index in [2.05, 4.69) is 0 Å². The predicted molar refractivity (Wildman–Crippen MR) is 47.1 cm³/mol. The number of halogens is 2. The van der Waals surface area contributed by atoms with Gasteiger partial charge in [-0.1, -0.05) is 0 Å². The highest BCUT2D eigenvalue weighted by atomic mass is 28.4. The van der Waals surface area contributed by atoms with Gasteiger partial charge in [0.15, 0.2) is 0 Å². The zero-order valence-corrected chi connectivity index (χ0v) is 8.72. The molecule has 2 nitrogen and oxygen atoms in total. The second-order valence-corrected chi connectivity index (χ2v) is 5.86. The Balaban J connectivity index is 4.30. The van der Waals surface area contributed by atoms with Crippen molar-refractivity contribution in [3.63, 3.8) is 0 Å². The smallest absolute Gasteiger partial charge is 0.271 e. The van der Waals surface area contributed by atoms with Crippen LogP contribution in [0.25, 0.3) is 0 Å². The second-order valence-electron chi connectivity index (χ2n) is 3.31. The topological polar surface area (TPSA) is 47.6 Å². The van der Waals surface area contributed by atoms with E-state index in [1.165, 1.54) is 0 Å². The van der Waals surface area contributed by atoms with Gasteiger partial charge in [0.05, 0.1) is 12.1 Å². The molecule has 0 aromatic heterocycles. The molecule has 0 N–H and O–H groups in total. The zero-order valence-electron chi connectivity index (χ0n) is 7.72.